The fourth-order valence-corrected chi connectivity index (χ4v) is 8.00. The van der Waals surface area contributed by atoms with Crippen LogP contribution >= 0.6 is 0 Å². The summed E-state index contributed by atoms with van der Waals surface area (Å²) in [5, 5.41) is 8.91. The third-order valence-corrected chi connectivity index (χ3v) is 10.4. The molecule has 4 nitrogen and oxygen atoms in total. The standard InChI is InChI=1S/C49H30N2O2/c1-3-12-32(13-4-1)40-28-34-22-26-43-48(53-49(50-43)33-15-5-2-6-16-33)47(34)42-30-35(23-25-38(40)42)51(44-20-11-17-31-14-7-8-18-37(31)44)36-24-27-46-41(29-36)39-19-9-10-21-45(39)52-46/h1-30H. The number of fused-ring (bicyclic) bond motifs is 9. The SMILES string of the molecule is c1ccc(-c2nc3ccc4cc(-c5ccccc5)c5ccc(N(c6ccc7oc8ccccc8c7c6)c6cccc7ccccc67)cc5c4c3o2)cc1. The molecule has 53 heavy (non-hydrogen) atoms. The molecule has 0 aliphatic heterocycles. The summed E-state index contributed by atoms with van der Waals surface area (Å²) in [6.07, 6.45) is 0. The van der Waals surface area contributed by atoms with Crippen molar-refractivity contribution in [2.45, 2.75) is 0 Å². The number of rotatable bonds is 5. The number of furan rings is 1. The first kappa shape index (κ1) is 29.5. The molecule has 0 N–H and O–H groups in total. The second-order valence-corrected chi connectivity index (χ2v) is 13.5. The Labute approximate surface area is 304 Å². The average molecular weight is 679 g/mol. The highest BCUT2D eigenvalue weighted by molar-refractivity contribution is 6.22. The molecule has 4 heteroatoms. The average Bonchev–Trinajstić information content (AvgIpc) is 3.83. The van der Waals surface area contributed by atoms with Gasteiger partial charge in [0, 0.05) is 38.5 Å². The summed E-state index contributed by atoms with van der Waals surface area (Å²) < 4.78 is 13.0. The van der Waals surface area contributed by atoms with Gasteiger partial charge in [-0.3, -0.25) is 0 Å². The van der Waals surface area contributed by atoms with Crippen molar-refractivity contribution in [3.05, 3.63) is 182 Å². The fourth-order valence-electron chi connectivity index (χ4n) is 8.00. The van der Waals surface area contributed by atoms with E-state index in [0.29, 0.717) is 5.89 Å². The summed E-state index contributed by atoms with van der Waals surface area (Å²) >= 11 is 0. The van der Waals surface area contributed by atoms with Gasteiger partial charge in [-0.1, -0.05) is 115 Å². The minimum Gasteiger partial charge on any atom is -0.456 e. The van der Waals surface area contributed by atoms with Crippen LogP contribution in [0.5, 0.6) is 0 Å². The Morgan fingerprint density at radius 1 is 0.415 bits per heavy atom. The van der Waals surface area contributed by atoms with E-state index in [1.54, 1.807) is 0 Å². The number of aromatic nitrogens is 1. The van der Waals surface area contributed by atoms with E-state index in [9.17, 15) is 0 Å². The van der Waals surface area contributed by atoms with E-state index in [1.807, 2.05) is 42.5 Å². The fraction of sp³-hybridized carbons (Fsp3) is 0. The lowest BCUT2D eigenvalue weighted by Gasteiger charge is -2.27. The highest BCUT2D eigenvalue weighted by Gasteiger charge is 2.21. The monoisotopic (exact) mass is 678 g/mol. The maximum absolute atomic E-state index is 6.69. The van der Waals surface area contributed by atoms with E-state index in [1.165, 1.54) is 16.3 Å². The Morgan fingerprint density at radius 2 is 1.09 bits per heavy atom. The highest BCUT2D eigenvalue weighted by atomic mass is 16.3. The van der Waals surface area contributed by atoms with Crippen molar-refractivity contribution in [3.8, 4) is 22.6 Å². The summed E-state index contributed by atoms with van der Waals surface area (Å²) in [4.78, 5) is 7.35. The molecule has 0 radical (unpaired) electrons. The van der Waals surface area contributed by atoms with Crippen molar-refractivity contribution in [2.24, 2.45) is 0 Å². The molecule has 9 aromatic carbocycles. The third-order valence-electron chi connectivity index (χ3n) is 10.4. The van der Waals surface area contributed by atoms with Crippen molar-refractivity contribution in [1.82, 2.24) is 4.98 Å². The van der Waals surface area contributed by atoms with Gasteiger partial charge < -0.3 is 13.7 Å². The minimum absolute atomic E-state index is 0.613. The molecule has 0 saturated carbocycles. The smallest absolute Gasteiger partial charge is 0.227 e. The zero-order valence-electron chi connectivity index (χ0n) is 28.5. The van der Waals surface area contributed by atoms with Crippen molar-refractivity contribution in [1.29, 1.82) is 0 Å². The van der Waals surface area contributed by atoms with Crippen molar-refractivity contribution < 1.29 is 8.83 Å². The molecule has 11 aromatic rings. The summed E-state index contributed by atoms with van der Waals surface area (Å²) in [5.41, 5.74) is 9.82. The Bertz CT molecular complexity index is 3170. The molecule has 0 aliphatic carbocycles. The maximum atomic E-state index is 6.69. The van der Waals surface area contributed by atoms with Crippen LogP contribution in [0, 0.1) is 0 Å². The van der Waals surface area contributed by atoms with Crippen LogP contribution in [-0.2, 0) is 0 Å². The molecular weight excluding hydrogens is 649 g/mol. The van der Waals surface area contributed by atoms with Crippen LogP contribution in [0.2, 0.25) is 0 Å². The second-order valence-electron chi connectivity index (χ2n) is 13.5. The molecule has 0 saturated heterocycles. The Kier molecular flexibility index (Phi) is 6.52. The molecule has 2 heterocycles. The Hall–Kier alpha value is -7.17. The van der Waals surface area contributed by atoms with Crippen LogP contribution < -0.4 is 4.90 Å². The first-order chi connectivity index (χ1) is 26.3. The second kappa shape index (κ2) is 11.7. The van der Waals surface area contributed by atoms with Crippen molar-refractivity contribution >= 4 is 82.4 Å². The number of nitrogens with zero attached hydrogens (tertiary/aromatic N) is 2. The van der Waals surface area contributed by atoms with Crippen LogP contribution in [0.15, 0.2) is 191 Å². The van der Waals surface area contributed by atoms with Crippen molar-refractivity contribution in [3.63, 3.8) is 0 Å². The first-order valence-corrected chi connectivity index (χ1v) is 17.9. The van der Waals surface area contributed by atoms with Gasteiger partial charge in [0.2, 0.25) is 5.89 Å². The Balaban J connectivity index is 1.23. The Morgan fingerprint density at radius 3 is 1.94 bits per heavy atom. The van der Waals surface area contributed by atoms with E-state index in [-0.39, 0.29) is 0 Å². The summed E-state index contributed by atoms with van der Waals surface area (Å²) in [6.45, 7) is 0. The van der Waals surface area contributed by atoms with Crippen LogP contribution in [0.25, 0.3) is 87.9 Å². The minimum atomic E-state index is 0.613. The largest absolute Gasteiger partial charge is 0.456 e. The molecule has 0 bridgehead atoms. The van der Waals surface area contributed by atoms with Crippen LogP contribution in [-0.4, -0.2) is 4.98 Å². The number of hydrogen-bond donors (Lipinski definition) is 0. The molecule has 0 unspecified atom stereocenters. The number of oxazole rings is 1. The molecule has 0 aliphatic rings. The predicted molar refractivity (Wildman–Crippen MR) is 219 cm³/mol. The zero-order valence-corrected chi connectivity index (χ0v) is 28.5. The maximum Gasteiger partial charge on any atom is 0.227 e. The first-order valence-electron chi connectivity index (χ1n) is 17.9. The lowest BCUT2D eigenvalue weighted by molar-refractivity contribution is 0.623. The number of benzene rings is 9. The molecule has 2 aromatic heterocycles. The van der Waals surface area contributed by atoms with E-state index in [0.717, 1.165) is 82.8 Å². The van der Waals surface area contributed by atoms with Gasteiger partial charge in [-0.2, -0.15) is 0 Å². The van der Waals surface area contributed by atoms with Gasteiger partial charge in [-0.25, -0.2) is 4.98 Å². The zero-order chi connectivity index (χ0) is 34.9. The van der Waals surface area contributed by atoms with E-state index >= 15 is 0 Å². The predicted octanol–water partition coefficient (Wildman–Crippen LogP) is 14.0. The van der Waals surface area contributed by atoms with Gasteiger partial charge in [0.15, 0.2) is 5.58 Å². The molecule has 0 fully saturated rings. The van der Waals surface area contributed by atoms with Gasteiger partial charge in [0.05, 0.1) is 5.69 Å². The molecule has 11 rings (SSSR count). The lowest BCUT2D eigenvalue weighted by atomic mass is 9.92. The normalized spacial score (nSPS) is 11.8. The van der Waals surface area contributed by atoms with E-state index < -0.39 is 0 Å². The quantitative estimate of drug-likeness (QED) is 0.170. The number of hydrogen-bond acceptors (Lipinski definition) is 4. The van der Waals surface area contributed by atoms with Gasteiger partial charge in [0.1, 0.15) is 16.7 Å². The van der Waals surface area contributed by atoms with Crippen LogP contribution in [0.1, 0.15) is 0 Å². The number of para-hydroxylation sites is 1. The van der Waals surface area contributed by atoms with Gasteiger partial charge in [-0.15, -0.1) is 0 Å². The van der Waals surface area contributed by atoms with E-state index in [4.69, 9.17) is 13.8 Å². The molecule has 0 spiro atoms. The number of anilines is 3. The summed E-state index contributed by atoms with van der Waals surface area (Å²) in [7, 11) is 0. The topological polar surface area (TPSA) is 42.4 Å². The summed E-state index contributed by atoms with van der Waals surface area (Å²) in [6, 6.07) is 64.0. The van der Waals surface area contributed by atoms with Gasteiger partial charge in [-0.05, 0) is 99.4 Å². The van der Waals surface area contributed by atoms with Gasteiger partial charge >= 0.3 is 0 Å². The summed E-state index contributed by atoms with van der Waals surface area (Å²) in [5.74, 6) is 0.613. The molecule has 0 atom stereocenters. The van der Waals surface area contributed by atoms with Gasteiger partial charge in [0.25, 0.3) is 0 Å². The highest BCUT2D eigenvalue weighted by Crippen LogP contribution is 2.45. The van der Waals surface area contributed by atoms with Crippen LogP contribution in [0.4, 0.5) is 17.1 Å². The third kappa shape index (κ3) is 4.73. The van der Waals surface area contributed by atoms with Crippen LogP contribution in [0.3, 0.4) is 0 Å². The van der Waals surface area contributed by atoms with E-state index in [2.05, 4.69) is 144 Å². The lowest BCUT2D eigenvalue weighted by Crippen LogP contribution is -2.10. The van der Waals surface area contributed by atoms with Crippen molar-refractivity contribution in [2.75, 3.05) is 4.90 Å². The molecule has 248 valence electrons. The molecular formula is C49H30N2O2. The molecule has 0 amide bonds.